The third-order valence-corrected chi connectivity index (χ3v) is 8.70. The molecule has 57 heavy (non-hydrogen) atoms. The molecule has 2 atom stereocenters. The van der Waals surface area contributed by atoms with Gasteiger partial charge in [0.05, 0.1) is 38.5 Å². The minimum atomic E-state index is -0.470. The maximum absolute atomic E-state index is 12.3. The van der Waals surface area contributed by atoms with E-state index in [2.05, 4.69) is 15.3 Å². The fraction of sp³-hybridized carbons (Fsp3) is 0.273. The number of aromatic amines is 2. The van der Waals surface area contributed by atoms with Crippen molar-refractivity contribution in [1.29, 1.82) is 0 Å². The first-order chi connectivity index (χ1) is 27.4. The van der Waals surface area contributed by atoms with Crippen LogP contribution in [0, 0.1) is 0 Å². The number of nitrogens with two attached hydrogens (primary N) is 1. The number of nitrogens with zero attached hydrogens (tertiary/aromatic N) is 2. The van der Waals surface area contributed by atoms with E-state index < -0.39 is 11.4 Å². The van der Waals surface area contributed by atoms with Gasteiger partial charge in [-0.3, -0.25) is 28.7 Å². The molecular weight excluding hydrogens is 744 g/mol. The summed E-state index contributed by atoms with van der Waals surface area (Å²) in [5.41, 5.74) is 8.80. The summed E-state index contributed by atoms with van der Waals surface area (Å²) in [5.74, 6) is 0.379. The van der Waals surface area contributed by atoms with Crippen LogP contribution in [0.1, 0.15) is 74.1 Å². The number of hydrogen-bond donors (Lipinski definition) is 4. The second-order valence-corrected chi connectivity index (χ2v) is 14.0. The highest BCUT2D eigenvalue weighted by atomic mass is 35.5. The lowest BCUT2D eigenvalue weighted by Crippen LogP contribution is -2.36. The average molecular weight is 795 g/mol. The van der Waals surface area contributed by atoms with Crippen molar-refractivity contribution in [1.82, 2.24) is 19.1 Å². The first-order valence-corrected chi connectivity index (χ1v) is 19.0. The fourth-order valence-corrected chi connectivity index (χ4v) is 5.85. The Hall–Kier alpha value is -5.79. The molecule has 0 amide bonds. The standard InChI is InChI=1S/C22H25N3O3.C15H17NO.C7H9ClN2O2/c1-16(2)25-21(26)13-20(24-22(25)27)23-19(18-11-7-4-8-12-18)15-28-14-17-9-5-3-6-10-17;16-15(14-9-5-2-6-10-14)12-17-11-13-7-3-1-4-8-13;1-4(2)10-6(11)3-5(8)9-7(10)12/h3-13,16,19,23H,14-15H2,1-2H3,(H,24,27);1-10,15H,11-12,16H2;3-4H,1-2H3,(H,9,12)/t19-;15-;/m00./s1. The molecule has 0 spiro atoms. The normalized spacial score (nSPS) is 11.9. The molecule has 12 nitrogen and oxygen atoms in total. The van der Waals surface area contributed by atoms with Gasteiger partial charge in [-0.15, -0.1) is 0 Å². The Morgan fingerprint density at radius 2 is 1.02 bits per heavy atom. The summed E-state index contributed by atoms with van der Waals surface area (Å²) in [4.78, 5) is 51.9. The van der Waals surface area contributed by atoms with Gasteiger partial charge in [0, 0.05) is 24.2 Å². The molecule has 0 unspecified atom stereocenters. The molecule has 0 aliphatic heterocycles. The smallest absolute Gasteiger partial charge is 0.330 e. The van der Waals surface area contributed by atoms with Crippen molar-refractivity contribution in [2.24, 2.45) is 5.73 Å². The van der Waals surface area contributed by atoms with Gasteiger partial charge in [0.15, 0.2) is 0 Å². The Morgan fingerprint density at radius 1 is 0.596 bits per heavy atom. The van der Waals surface area contributed by atoms with Gasteiger partial charge in [0.1, 0.15) is 11.0 Å². The molecular formula is C44H51ClN6O6. The molecule has 6 rings (SSSR count). The maximum Gasteiger partial charge on any atom is 0.330 e. The molecule has 0 bridgehead atoms. The SMILES string of the molecule is CC(C)n1c(=O)cc(Cl)[nH]c1=O.CC(C)n1c(=O)cc(N[C@@H](COCc2ccccc2)c2ccccc2)[nH]c1=O.N[C@@H](COCc1ccccc1)c1ccccc1. The molecule has 0 saturated heterocycles. The first-order valence-electron chi connectivity index (χ1n) is 18.7. The molecule has 0 radical (unpaired) electrons. The second-order valence-electron chi connectivity index (χ2n) is 13.6. The Kier molecular flexibility index (Phi) is 17.5. The second kappa shape index (κ2) is 22.7. The van der Waals surface area contributed by atoms with Gasteiger partial charge in [-0.1, -0.05) is 133 Å². The molecule has 13 heteroatoms. The van der Waals surface area contributed by atoms with E-state index in [9.17, 15) is 19.2 Å². The number of nitrogens with one attached hydrogen (secondary N) is 3. The Morgan fingerprint density at radius 3 is 1.47 bits per heavy atom. The van der Waals surface area contributed by atoms with Crippen LogP contribution in [0.15, 0.2) is 153 Å². The van der Waals surface area contributed by atoms with Crippen LogP contribution < -0.4 is 33.5 Å². The highest BCUT2D eigenvalue weighted by Crippen LogP contribution is 2.19. The number of hydrogen-bond acceptors (Lipinski definition) is 8. The van der Waals surface area contributed by atoms with Crippen molar-refractivity contribution in [3.05, 3.63) is 203 Å². The molecule has 5 N–H and O–H groups in total. The van der Waals surface area contributed by atoms with Crippen molar-refractivity contribution >= 4 is 17.4 Å². The Balaban J connectivity index is 0.000000210. The maximum atomic E-state index is 12.3. The summed E-state index contributed by atoms with van der Waals surface area (Å²) in [7, 11) is 0. The third kappa shape index (κ3) is 14.3. The zero-order valence-corrected chi connectivity index (χ0v) is 33.4. The third-order valence-electron chi connectivity index (χ3n) is 8.50. The first kappa shape index (κ1) is 43.9. The van der Waals surface area contributed by atoms with Gasteiger partial charge < -0.3 is 20.5 Å². The highest BCUT2D eigenvalue weighted by molar-refractivity contribution is 6.29. The van der Waals surface area contributed by atoms with Gasteiger partial charge in [-0.2, -0.15) is 0 Å². The predicted molar refractivity (Wildman–Crippen MR) is 227 cm³/mol. The van der Waals surface area contributed by atoms with Crippen LogP contribution in [0.2, 0.25) is 5.15 Å². The molecule has 0 aliphatic carbocycles. The van der Waals surface area contributed by atoms with E-state index in [1.54, 1.807) is 27.7 Å². The predicted octanol–water partition coefficient (Wildman–Crippen LogP) is 7.16. The number of halogens is 1. The summed E-state index contributed by atoms with van der Waals surface area (Å²) >= 11 is 5.46. The van der Waals surface area contributed by atoms with Gasteiger partial charge in [-0.05, 0) is 49.9 Å². The molecule has 0 fully saturated rings. The number of benzene rings is 4. The number of anilines is 1. The zero-order chi connectivity index (χ0) is 41.2. The van der Waals surface area contributed by atoms with E-state index in [0.29, 0.717) is 32.2 Å². The van der Waals surface area contributed by atoms with Crippen molar-refractivity contribution < 1.29 is 9.47 Å². The molecule has 4 aromatic carbocycles. The zero-order valence-electron chi connectivity index (χ0n) is 32.6. The summed E-state index contributed by atoms with van der Waals surface area (Å²) < 4.78 is 13.8. The lowest BCUT2D eigenvalue weighted by molar-refractivity contribution is 0.108. The Bertz CT molecular complexity index is 2250. The molecule has 0 saturated carbocycles. The quantitative estimate of drug-likeness (QED) is 0.0844. The van der Waals surface area contributed by atoms with Gasteiger partial charge in [0.2, 0.25) is 0 Å². The minimum absolute atomic E-state index is 0.0556. The van der Waals surface area contributed by atoms with Crippen LogP contribution in [0.25, 0.3) is 0 Å². The fourth-order valence-electron chi connectivity index (χ4n) is 5.67. The van der Waals surface area contributed by atoms with Gasteiger partial charge in [-0.25, -0.2) is 9.59 Å². The van der Waals surface area contributed by atoms with Crippen molar-refractivity contribution in [2.75, 3.05) is 18.5 Å². The molecule has 2 aromatic heterocycles. The van der Waals surface area contributed by atoms with E-state index in [-0.39, 0.29) is 40.4 Å². The summed E-state index contributed by atoms with van der Waals surface area (Å²) in [6, 6.07) is 41.8. The van der Waals surface area contributed by atoms with E-state index >= 15 is 0 Å². The number of H-pyrrole nitrogens is 2. The number of aromatic nitrogens is 4. The van der Waals surface area contributed by atoms with Crippen LogP contribution in [-0.4, -0.2) is 32.3 Å². The van der Waals surface area contributed by atoms with Crippen LogP contribution >= 0.6 is 11.6 Å². The van der Waals surface area contributed by atoms with E-state index in [1.165, 1.54) is 22.3 Å². The lowest BCUT2D eigenvalue weighted by atomic mass is 10.1. The molecule has 0 aliphatic rings. The molecule has 300 valence electrons. The molecule has 2 heterocycles. The van der Waals surface area contributed by atoms with Crippen molar-refractivity contribution in [3.63, 3.8) is 0 Å². The van der Waals surface area contributed by atoms with Crippen LogP contribution in [0.5, 0.6) is 0 Å². The van der Waals surface area contributed by atoms with Crippen LogP contribution in [0.4, 0.5) is 5.82 Å². The van der Waals surface area contributed by atoms with Crippen LogP contribution in [0.3, 0.4) is 0 Å². The lowest BCUT2D eigenvalue weighted by Gasteiger charge is -2.21. The summed E-state index contributed by atoms with van der Waals surface area (Å²) in [6.07, 6.45) is 0. The average Bonchev–Trinajstić information content (AvgIpc) is 3.18. The van der Waals surface area contributed by atoms with E-state index in [1.807, 2.05) is 121 Å². The largest absolute Gasteiger partial charge is 0.375 e. The summed E-state index contributed by atoms with van der Waals surface area (Å²) in [6.45, 7) is 9.13. The molecule has 6 aromatic rings. The highest BCUT2D eigenvalue weighted by Gasteiger charge is 2.15. The number of ether oxygens (including phenoxy) is 2. The number of rotatable bonds is 14. The minimum Gasteiger partial charge on any atom is -0.375 e. The van der Waals surface area contributed by atoms with Crippen LogP contribution in [-0.2, 0) is 22.7 Å². The van der Waals surface area contributed by atoms with Crippen molar-refractivity contribution in [2.45, 2.75) is 65.1 Å². The monoisotopic (exact) mass is 794 g/mol. The van der Waals surface area contributed by atoms with Gasteiger partial charge in [0.25, 0.3) is 11.1 Å². The van der Waals surface area contributed by atoms with E-state index in [0.717, 1.165) is 21.3 Å². The topological polar surface area (TPSA) is 166 Å². The van der Waals surface area contributed by atoms with Crippen molar-refractivity contribution in [3.8, 4) is 0 Å². The van der Waals surface area contributed by atoms with E-state index in [4.69, 9.17) is 26.8 Å². The Labute approximate surface area is 336 Å². The van der Waals surface area contributed by atoms with Gasteiger partial charge >= 0.3 is 11.4 Å². The summed E-state index contributed by atoms with van der Waals surface area (Å²) in [5, 5.41) is 3.31.